The number of halogens is 1. The van der Waals surface area contributed by atoms with Gasteiger partial charge in [0.1, 0.15) is 5.75 Å². The standard InChI is InChI=1S/C21H22ClN3O2/c1-14(26)23-13-17-11-15(4-6-19(17)22)20-8-9-24-25(20)18-5-7-21-16(12-18)3-2-10-27-21/h4-9,11-12,20,24H,2-3,10,13H2,1H3,(H,23,26). The molecule has 0 spiro atoms. The first kappa shape index (κ1) is 17.7. The second-order valence-electron chi connectivity index (χ2n) is 6.81. The van der Waals surface area contributed by atoms with Crippen LogP contribution in [0.4, 0.5) is 5.69 Å². The maximum Gasteiger partial charge on any atom is 0.217 e. The highest BCUT2D eigenvalue weighted by atomic mass is 35.5. The summed E-state index contributed by atoms with van der Waals surface area (Å²) in [5, 5.41) is 5.59. The molecule has 2 aliphatic heterocycles. The molecule has 140 valence electrons. The van der Waals surface area contributed by atoms with Crippen molar-refractivity contribution in [2.24, 2.45) is 0 Å². The molecule has 0 saturated heterocycles. The SMILES string of the molecule is CC(=O)NCc1cc(C2C=CNN2c2ccc3c(c2)CCCO3)ccc1Cl. The minimum absolute atomic E-state index is 0.0425. The third-order valence-corrected chi connectivity index (χ3v) is 5.25. The first-order valence-corrected chi connectivity index (χ1v) is 9.50. The van der Waals surface area contributed by atoms with Gasteiger partial charge in [0.2, 0.25) is 5.91 Å². The molecule has 1 atom stereocenters. The van der Waals surface area contributed by atoms with E-state index in [1.54, 1.807) is 0 Å². The summed E-state index contributed by atoms with van der Waals surface area (Å²) in [4.78, 5) is 11.2. The van der Waals surface area contributed by atoms with E-state index in [0.29, 0.717) is 11.6 Å². The molecule has 0 radical (unpaired) electrons. The summed E-state index contributed by atoms with van der Waals surface area (Å²) in [5.41, 5.74) is 7.67. The summed E-state index contributed by atoms with van der Waals surface area (Å²) in [6, 6.07) is 12.3. The van der Waals surface area contributed by atoms with E-state index in [1.165, 1.54) is 12.5 Å². The van der Waals surface area contributed by atoms with Crippen LogP contribution >= 0.6 is 11.6 Å². The zero-order chi connectivity index (χ0) is 18.8. The van der Waals surface area contributed by atoms with Crippen LogP contribution < -0.4 is 20.5 Å². The Balaban J connectivity index is 1.60. The minimum atomic E-state index is -0.0724. The van der Waals surface area contributed by atoms with Crippen molar-refractivity contribution in [2.45, 2.75) is 32.4 Å². The fraction of sp³-hybridized carbons (Fsp3) is 0.286. The molecule has 2 heterocycles. The number of carbonyl (C=O) groups excluding carboxylic acids is 1. The van der Waals surface area contributed by atoms with E-state index in [4.69, 9.17) is 16.3 Å². The van der Waals surface area contributed by atoms with Gasteiger partial charge in [0.05, 0.1) is 18.3 Å². The number of anilines is 1. The summed E-state index contributed by atoms with van der Waals surface area (Å²) in [6.07, 6.45) is 6.15. The van der Waals surface area contributed by atoms with Gasteiger partial charge in [-0.25, -0.2) is 0 Å². The van der Waals surface area contributed by atoms with Gasteiger partial charge in [0.15, 0.2) is 0 Å². The lowest BCUT2D eigenvalue weighted by Gasteiger charge is -2.29. The largest absolute Gasteiger partial charge is 0.493 e. The number of amides is 1. The molecule has 0 aromatic heterocycles. The van der Waals surface area contributed by atoms with Crippen LogP contribution in [0.1, 0.15) is 36.1 Å². The lowest BCUT2D eigenvalue weighted by Crippen LogP contribution is -2.32. The Morgan fingerprint density at radius 3 is 3.07 bits per heavy atom. The van der Waals surface area contributed by atoms with E-state index < -0.39 is 0 Å². The van der Waals surface area contributed by atoms with Crippen LogP contribution in [0.5, 0.6) is 5.75 Å². The average molecular weight is 384 g/mol. The molecule has 2 aromatic rings. The summed E-state index contributed by atoms with van der Waals surface area (Å²) in [5.74, 6) is 0.912. The van der Waals surface area contributed by atoms with Crippen molar-refractivity contribution in [3.63, 3.8) is 0 Å². The molecule has 5 nitrogen and oxygen atoms in total. The van der Waals surface area contributed by atoms with Gasteiger partial charge in [-0.3, -0.25) is 9.80 Å². The topological polar surface area (TPSA) is 53.6 Å². The molecule has 0 fully saturated rings. The number of nitrogens with one attached hydrogen (secondary N) is 2. The first-order chi connectivity index (χ1) is 13.1. The molecule has 27 heavy (non-hydrogen) atoms. The average Bonchev–Trinajstić information content (AvgIpc) is 3.16. The fourth-order valence-electron chi connectivity index (χ4n) is 3.51. The van der Waals surface area contributed by atoms with Gasteiger partial charge in [0.25, 0.3) is 0 Å². The maximum atomic E-state index is 11.2. The monoisotopic (exact) mass is 383 g/mol. The van der Waals surface area contributed by atoms with Gasteiger partial charge in [-0.1, -0.05) is 23.7 Å². The Hall–Kier alpha value is -2.66. The second-order valence-corrected chi connectivity index (χ2v) is 7.21. The summed E-state index contributed by atoms with van der Waals surface area (Å²) in [7, 11) is 0. The van der Waals surface area contributed by atoms with Gasteiger partial charge in [-0.2, -0.15) is 0 Å². The van der Waals surface area contributed by atoms with Crippen LogP contribution in [0.2, 0.25) is 5.02 Å². The molecule has 0 aliphatic carbocycles. The molecule has 6 heteroatoms. The summed E-state index contributed by atoms with van der Waals surface area (Å²) < 4.78 is 5.72. The Morgan fingerprint density at radius 2 is 2.22 bits per heavy atom. The van der Waals surface area contributed by atoms with Crippen LogP contribution in [-0.2, 0) is 17.8 Å². The minimum Gasteiger partial charge on any atom is -0.493 e. The summed E-state index contributed by atoms with van der Waals surface area (Å²) in [6.45, 7) is 2.71. The molecular formula is C21H22ClN3O2. The van der Waals surface area contributed by atoms with Crippen LogP contribution in [0.15, 0.2) is 48.7 Å². The van der Waals surface area contributed by atoms with Crippen molar-refractivity contribution in [1.82, 2.24) is 10.7 Å². The Bertz CT molecular complexity index is 897. The van der Waals surface area contributed by atoms with Crippen molar-refractivity contribution in [1.29, 1.82) is 0 Å². The Kier molecular flexibility index (Phi) is 4.94. The highest BCUT2D eigenvalue weighted by Gasteiger charge is 2.24. The van der Waals surface area contributed by atoms with Crippen LogP contribution in [0, 0.1) is 0 Å². The van der Waals surface area contributed by atoms with E-state index in [0.717, 1.165) is 42.0 Å². The van der Waals surface area contributed by atoms with Crippen LogP contribution in [0.25, 0.3) is 0 Å². The Morgan fingerprint density at radius 1 is 1.33 bits per heavy atom. The molecule has 2 N–H and O–H groups in total. The predicted molar refractivity (Wildman–Crippen MR) is 107 cm³/mol. The third kappa shape index (κ3) is 3.74. The van der Waals surface area contributed by atoms with Gasteiger partial charge < -0.3 is 15.5 Å². The van der Waals surface area contributed by atoms with Crippen LogP contribution in [0.3, 0.4) is 0 Å². The highest BCUT2D eigenvalue weighted by Crippen LogP contribution is 2.35. The number of hydrazine groups is 1. The summed E-state index contributed by atoms with van der Waals surface area (Å²) >= 11 is 6.31. The van der Waals surface area contributed by atoms with Gasteiger partial charge in [-0.05, 0) is 59.9 Å². The number of nitrogens with zero attached hydrogens (tertiary/aromatic N) is 1. The quantitative estimate of drug-likeness (QED) is 0.841. The highest BCUT2D eigenvalue weighted by molar-refractivity contribution is 6.31. The van der Waals surface area contributed by atoms with E-state index in [2.05, 4.69) is 40.0 Å². The van der Waals surface area contributed by atoms with E-state index >= 15 is 0 Å². The zero-order valence-electron chi connectivity index (χ0n) is 15.2. The molecule has 1 unspecified atom stereocenters. The van der Waals surface area contributed by atoms with Gasteiger partial charge in [0, 0.05) is 24.7 Å². The van der Waals surface area contributed by atoms with Gasteiger partial charge in [-0.15, -0.1) is 0 Å². The molecule has 0 saturated carbocycles. The smallest absolute Gasteiger partial charge is 0.217 e. The number of hydrogen-bond acceptors (Lipinski definition) is 4. The number of benzene rings is 2. The number of carbonyl (C=O) groups is 1. The molecule has 0 bridgehead atoms. The number of hydrogen-bond donors (Lipinski definition) is 2. The molecule has 1 amide bonds. The van der Waals surface area contributed by atoms with Crippen molar-refractivity contribution < 1.29 is 9.53 Å². The predicted octanol–water partition coefficient (Wildman–Crippen LogP) is 3.88. The number of aryl methyl sites for hydroxylation is 1. The molecular weight excluding hydrogens is 362 g/mol. The maximum absolute atomic E-state index is 11.2. The van der Waals surface area contributed by atoms with Crippen molar-refractivity contribution in [3.8, 4) is 5.75 Å². The van der Waals surface area contributed by atoms with Crippen molar-refractivity contribution in [2.75, 3.05) is 11.6 Å². The molecule has 2 aliphatic rings. The van der Waals surface area contributed by atoms with Crippen LogP contribution in [-0.4, -0.2) is 12.5 Å². The molecule has 4 rings (SSSR count). The van der Waals surface area contributed by atoms with Crippen molar-refractivity contribution in [3.05, 3.63) is 70.4 Å². The first-order valence-electron chi connectivity index (χ1n) is 9.12. The number of ether oxygens (including phenoxy) is 1. The van der Waals surface area contributed by atoms with E-state index in [1.807, 2.05) is 24.4 Å². The fourth-order valence-corrected chi connectivity index (χ4v) is 3.69. The normalized spacial score (nSPS) is 17.9. The lowest BCUT2D eigenvalue weighted by atomic mass is 10.0. The molecule has 2 aromatic carbocycles. The second kappa shape index (κ2) is 7.53. The lowest BCUT2D eigenvalue weighted by molar-refractivity contribution is -0.119. The number of rotatable bonds is 4. The number of fused-ring (bicyclic) bond motifs is 1. The zero-order valence-corrected chi connectivity index (χ0v) is 15.9. The van der Waals surface area contributed by atoms with Crippen molar-refractivity contribution >= 4 is 23.2 Å². The third-order valence-electron chi connectivity index (χ3n) is 4.88. The Labute approximate surface area is 163 Å². The van der Waals surface area contributed by atoms with E-state index in [9.17, 15) is 4.79 Å². The van der Waals surface area contributed by atoms with E-state index in [-0.39, 0.29) is 11.9 Å². The van der Waals surface area contributed by atoms with Gasteiger partial charge >= 0.3 is 0 Å².